The Morgan fingerprint density at radius 2 is 1.55 bits per heavy atom. The predicted molar refractivity (Wildman–Crippen MR) is 79.7 cm³/mol. The van der Waals surface area contributed by atoms with Crippen molar-refractivity contribution in [3.8, 4) is 0 Å². The zero-order valence-corrected chi connectivity index (χ0v) is 11.7. The molecule has 0 radical (unpaired) electrons. The average molecular weight is 300 g/mol. The summed E-state index contributed by atoms with van der Waals surface area (Å²) in [4.78, 5) is 22.7. The normalized spacial score (nSPS) is 11.1. The van der Waals surface area contributed by atoms with E-state index in [1.54, 1.807) is 24.3 Å². The Kier molecular flexibility index (Phi) is 4.68. The summed E-state index contributed by atoms with van der Waals surface area (Å²) < 4.78 is 17.5. The van der Waals surface area contributed by atoms with Gasteiger partial charge < -0.3 is 9.84 Å². The third kappa shape index (κ3) is 3.58. The van der Waals surface area contributed by atoms with E-state index in [2.05, 4.69) is 4.74 Å². The number of carbonyl (C=O) groups is 2. The molecule has 0 aliphatic heterocycles. The van der Waals surface area contributed by atoms with Gasteiger partial charge in [0.15, 0.2) is 0 Å². The first kappa shape index (κ1) is 15.4. The van der Waals surface area contributed by atoms with Crippen molar-refractivity contribution in [1.82, 2.24) is 0 Å². The number of hydrogen-bond acceptors (Lipinski definition) is 3. The lowest BCUT2D eigenvalue weighted by Gasteiger charge is -2.04. The van der Waals surface area contributed by atoms with Gasteiger partial charge in [0.05, 0.1) is 18.2 Å². The molecule has 0 fully saturated rings. The number of rotatable bonds is 4. The number of carboxylic acids is 1. The van der Waals surface area contributed by atoms with E-state index in [9.17, 15) is 19.1 Å². The van der Waals surface area contributed by atoms with Crippen LogP contribution in [-0.2, 0) is 9.53 Å². The highest BCUT2D eigenvalue weighted by Crippen LogP contribution is 2.19. The van der Waals surface area contributed by atoms with E-state index in [1.807, 2.05) is 0 Å². The summed E-state index contributed by atoms with van der Waals surface area (Å²) in [6.45, 7) is 0. The molecule has 4 nitrogen and oxygen atoms in total. The minimum atomic E-state index is -1.12. The Balaban J connectivity index is 2.36. The van der Waals surface area contributed by atoms with E-state index in [1.165, 1.54) is 37.5 Å². The fourth-order valence-electron chi connectivity index (χ4n) is 1.90. The molecule has 0 aromatic heterocycles. The molecular formula is C17H13FO4. The number of carboxylic acid groups (broad SMARTS) is 1. The van der Waals surface area contributed by atoms with Crippen molar-refractivity contribution in [2.24, 2.45) is 0 Å². The van der Waals surface area contributed by atoms with E-state index >= 15 is 0 Å². The second kappa shape index (κ2) is 6.67. The molecule has 112 valence electrons. The summed E-state index contributed by atoms with van der Waals surface area (Å²) >= 11 is 0. The highest BCUT2D eigenvalue weighted by atomic mass is 19.1. The average Bonchev–Trinajstić information content (AvgIpc) is 2.53. The lowest BCUT2D eigenvalue weighted by molar-refractivity contribution is -0.130. The molecule has 1 N–H and O–H groups in total. The minimum absolute atomic E-state index is 0.0332. The van der Waals surface area contributed by atoms with Crippen LogP contribution >= 0.6 is 0 Å². The van der Waals surface area contributed by atoms with Gasteiger partial charge in [0.2, 0.25) is 0 Å². The summed E-state index contributed by atoms with van der Waals surface area (Å²) in [5.74, 6) is -2.02. The molecular weight excluding hydrogens is 287 g/mol. The maximum atomic E-state index is 12.9. The number of hydrogen-bond donors (Lipinski definition) is 1. The number of esters is 1. The molecule has 22 heavy (non-hydrogen) atoms. The van der Waals surface area contributed by atoms with Crippen LogP contribution in [-0.4, -0.2) is 24.2 Å². The van der Waals surface area contributed by atoms with Gasteiger partial charge in [-0.25, -0.2) is 14.0 Å². The third-order valence-electron chi connectivity index (χ3n) is 3.03. The van der Waals surface area contributed by atoms with E-state index in [4.69, 9.17) is 0 Å². The van der Waals surface area contributed by atoms with Crippen molar-refractivity contribution in [2.45, 2.75) is 0 Å². The molecule has 0 saturated carbocycles. The van der Waals surface area contributed by atoms with Crippen LogP contribution in [0.4, 0.5) is 4.39 Å². The quantitative estimate of drug-likeness (QED) is 0.535. The van der Waals surface area contributed by atoms with Crippen LogP contribution in [0.2, 0.25) is 0 Å². The van der Waals surface area contributed by atoms with Gasteiger partial charge in [0.1, 0.15) is 5.82 Å². The molecule has 2 aromatic carbocycles. The maximum absolute atomic E-state index is 12.9. The van der Waals surface area contributed by atoms with Gasteiger partial charge in [-0.1, -0.05) is 24.3 Å². The SMILES string of the molecule is COC(=O)c1ccc(/C=C(\C(=O)O)c2ccc(F)cc2)cc1. The van der Waals surface area contributed by atoms with E-state index in [-0.39, 0.29) is 5.57 Å². The summed E-state index contributed by atoms with van der Waals surface area (Å²) in [6.07, 6.45) is 1.45. The minimum Gasteiger partial charge on any atom is -0.478 e. The second-order valence-corrected chi connectivity index (χ2v) is 4.48. The molecule has 5 heteroatoms. The molecule has 0 heterocycles. The second-order valence-electron chi connectivity index (χ2n) is 4.48. The van der Waals surface area contributed by atoms with Crippen LogP contribution in [0.15, 0.2) is 48.5 Å². The summed E-state index contributed by atoms with van der Waals surface area (Å²) in [7, 11) is 1.28. The zero-order valence-electron chi connectivity index (χ0n) is 11.7. The lowest BCUT2D eigenvalue weighted by atomic mass is 10.0. The van der Waals surface area contributed by atoms with Gasteiger partial charge in [-0.3, -0.25) is 0 Å². The van der Waals surface area contributed by atoms with Crippen molar-refractivity contribution < 1.29 is 23.8 Å². The van der Waals surface area contributed by atoms with Gasteiger partial charge in [0, 0.05) is 0 Å². The van der Waals surface area contributed by atoms with Crippen molar-refractivity contribution in [2.75, 3.05) is 7.11 Å². The van der Waals surface area contributed by atoms with Gasteiger partial charge in [-0.05, 0) is 41.5 Å². The van der Waals surface area contributed by atoms with E-state index in [0.29, 0.717) is 16.7 Å². The van der Waals surface area contributed by atoms with Gasteiger partial charge >= 0.3 is 11.9 Å². The van der Waals surface area contributed by atoms with Crippen LogP contribution in [0.25, 0.3) is 11.6 Å². The Bertz CT molecular complexity index is 715. The van der Waals surface area contributed by atoms with Crippen molar-refractivity contribution in [3.63, 3.8) is 0 Å². The van der Waals surface area contributed by atoms with Gasteiger partial charge in [0.25, 0.3) is 0 Å². The first-order valence-corrected chi connectivity index (χ1v) is 6.40. The molecule has 0 atom stereocenters. The van der Waals surface area contributed by atoms with Crippen LogP contribution < -0.4 is 0 Å². The standard InChI is InChI=1S/C17H13FO4/c1-22-17(21)13-4-2-11(3-5-13)10-15(16(19)20)12-6-8-14(18)9-7-12/h2-10H,1H3,(H,19,20)/b15-10-. The molecule has 0 bridgehead atoms. The Morgan fingerprint density at radius 1 is 1.00 bits per heavy atom. The molecule has 0 unspecified atom stereocenters. The Hall–Kier alpha value is -2.95. The Morgan fingerprint density at radius 3 is 2.05 bits per heavy atom. The molecule has 0 spiro atoms. The fraction of sp³-hybridized carbons (Fsp3) is 0.0588. The topological polar surface area (TPSA) is 63.6 Å². The van der Waals surface area contributed by atoms with Crippen LogP contribution in [0.1, 0.15) is 21.5 Å². The number of carbonyl (C=O) groups excluding carboxylic acids is 1. The Labute approximate surface area is 126 Å². The van der Waals surface area contributed by atoms with E-state index in [0.717, 1.165) is 0 Å². The summed E-state index contributed by atoms with van der Waals surface area (Å²) in [5.41, 5.74) is 1.41. The number of aliphatic carboxylic acids is 1. The first-order chi connectivity index (χ1) is 10.5. The van der Waals surface area contributed by atoms with Crippen molar-refractivity contribution >= 4 is 23.6 Å². The smallest absolute Gasteiger partial charge is 0.337 e. The first-order valence-electron chi connectivity index (χ1n) is 6.40. The summed E-state index contributed by atoms with van der Waals surface area (Å²) in [5, 5.41) is 9.30. The van der Waals surface area contributed by atoms with Crippen molar-refractivity contribution in [3.05, 3.63) is 71.0 Å². The number of halogens is 1. The molecule has 0 saturated heterocycles. The highest BCUT2D eigenvalue weighted by Gasteiger charge is 2.11. The van der Waals surface area contributed by atoms with Crippen LogP contribution in [0.3, 0.4) is 0 Å². The molecule has 0 aliphatic rings. The zero-order chi connectivity index (χ0) is 16.1. The molecule has 0 amide bonds. The predicted octanol–water partition coefficient (Wildman–Crippen LogP) is 3.24. The number of methoxy groups -OCH3 is 1. The molecule has 2 rings (SSSR count). The largest absolute Gasteiger partial charge is 0.478 e. The van der Waals surface area contributed by atoms with Crippen LogP contribution in [0.5, 0.6) is 0 Å². The maximum Gasteiger partial charge on any atom is 0.337 e. The molecule has 0 aliphatic carbocycles. The van der Waals surface area contributed by atoms with Crippen molar-refractivity contribution in [1.29, 1.82) is 0 Å². The fourth-order valence-corrected chi connectivity index (χ4v) is 1.90. The van der Waals surface area contributed by atoms with Gasteiger partial charge in [-0.2, -0.15) is 0 Å². The number of benzene rings is 2. The number of ether oxygens (including phenoxy) is 1. The van der Waals surface area contributed by atoms with Crippen LogP contribution in [0, 0.1) is 5.82 Å². The third-order valence-corrected chi connectivity index (χ3v) is 3.03. The lowest BCUT2D eigenvalue weighted by Crippen LogP contribution is -2.01. The monoisotopic (exact) mass is 300 g/mol. The van der Waals surface area contributed by atoms with E-state index < -0.39 is 17.8 Å². The highest BCUT2D eigenvalue weighted by molar-refractivity contribution is 6.20. The molecule has 2 aromatic rings. The van der Waals surface area contributed by atoms with Gasteiger partial charge in [-0.15, -0.1) is 0 Å². The summed E-state index contributed by atoms with van der Waals surface area (Å²) in [6, 6.07) is 11.5.